The van der Waals surface area contributed by atoms with E-state index in [1.165, 1.54) is 13.5 Å². The van der Waals surface area contributed by atoms with Crippen LogP contribution in [0.5, 0.6) is 5.75 Å². The number of aryl methyl sites for hydroxylation is 1. The van der Waals surface area contributed by atoms with Crippen molar-refractivity contribution in [3.63, 3.8) is 0 Å². The summed E-state index contributed by atoms with van der Waals surface area (Å²) in [6.45, 7) is 2.40. The Morgan fingerprint density at radius 3 is 2.42 bits per heavy atom. The summed E-state index contributed by atoms with van der Waals surface area (Å²) >= 11 is 0. The van der Waals surface area contributed by atoms with E-state index < -0.39 is 0 Å². The van der Waals surface area contributed by atoms with Gasteiger partial charge in [0.05, 0.1) is 13.5 Å². The average Bonchev–Trinajstić information content (AvgIpc) is 2.62. The number of nitrogens with zero attached hydrogens (tertiary/aromatic N) is 1. The van der Waals surface area contributed by atoms with Crippen LogP contribution in [-0.4, -0.2) is 43.1 Å². The molecule has 1 amide bonds. The first-order valence-electron chi connectivity index (χ1n) is 8.66. The molecule has 24 heavy (non-hydrogen) atoms. The fraction of sp³-hybridized carbons (Fsp3) is 0.579. The van der Waals surface area contributed by atoms with Gasteiger partial charge < -0.3 is 14.4 Å². The molecule has 1 aromatic rings. The summed E-state index contributed by atoms with van der Waals surface area (Å²) < 4.78 is 10.3. The number of esters is 1. The van der Waals surface area contributed by atoms with Gasteiger partial charge in [0, 0.05) is 12.6 Å². The van der Waals surface area contributed by atoms with Crippen molar-refractivity contribution in [3.8, 4) is 5.75 Å². The zero-order valence-corrected chi connectivity index (χ0v) is 14.6. The van der Waals surface area contributed by atoms with Crippen molar-refractivity contribution in [1.29, 1.82) is 0 Å². The standard InChI is InChI=1S/C19H27NO4/c1-15-8-10-17(11-9-15)24-14-18(21)20(13-12-19(22)23-2)16-6-4-3-5-7-16/h8-11,16H,3-7,12-14H2,1-2H3. The third-order valence-corrected chi connectivity index (χ3v) is 4.50. The quantitative estimate of drug-likeness (QED) is 0.720. The highest BCUT2D eigenvalue weighted by atomic mass is 16.5. The lowest BCUT2D eigenvalue weighted by Gasteiger charge is -2.34. The van der Waals surface area contributed by atoms with E-state index in [4.69, 9.17) is 9.47 Å². The highest BCUT2D eigenvalue weighted by Gasteiger charge is 2.26. The molecule has 0 N–H and O–H groups in total. The average molecular weight is 333 g/mol. The highest BCUT2D eigenvalue weighted by Crippen LogP contribution is 2.23. The highest BCUT2D eigenvalue weighted by molar-refractivity contribution is 5.79. The number of carbonyl (C=O) groups excluding carboxylic acids is 2. The summed E-state index contributed by atoms with van der Waals surface area (Å²) in [5.74, 6) is 0.333. The molecular weight excluding hydrogens is 306 g/mol. The molecule has 1 aliphatic carbocycles. The molecule has 0 aromatic heterocycles. The van der Waals surface area contributed by atoms with Crippen LogP contribution in [0.3, 0.4) is 0 Å². The number of ether oxygens (including phenoxy) is 2. The summed E-state index contributed by atoms with van der Waals surface area (Å²) in [4.78, 5) is 25.9. The molecule has 0 unspecified atom stereocenters. The molecule has 0 saturated heterocycles. The summed E-state index contributed by atoms with van der Waals surface area (Å²) in [5.41, 5.74) is 1.15. The van der Waals surface area contributed by atoms with Crippen molar-refractivity contribution in [3.05, 3.63) is 29.8 Å². The zero-order chi connectivity index (χ0) is 17.4. The van der Waals surface area contributed by atoms with E-state index in [0.29, 0.717) is 12.3 Å². The molecule has 0 spiro atoms. The molecule has 132 valence electrons. The normalized spacial score (nSPS) is 14.9. The molecule has 1 saturated carbocycles. The Kier molecular flexibility index (Phi) is 7.09. The van der Waals surface area contributed by atoms with Gasteiger partial charge in [0.1, 0.15) is 5.75 Å². The first-order chi connectivity index (χ1) is 11.6. The van der Waals surface area contributed by atoms with Crippen LogP contribution in [0.1, 0.15) is 44.1 Å². The van der Waals surface area contributed by atoms with Crippen LogP contribution in [0, 0.1) is 6.92 Å². The molecule has 5 heteroatoms. The lowest BCUT2D eigenvalue weighted by molar-refractivity contribution is -0.143. The maximum absolute atomic E-state index is 12.6. The van der Waals surface area contributed by atoms with Gasteiger partial charge in [0.15, 0.2) is 6.61 Å². The number of hydrogen-bond acceptors (Lipinski definition) is 4. The Bertz CT molecular complexity index is 535. The van der Waals surface area contributed by atoms with Gasteiger partial charge in [-0.05, 0) is 31.9 Å². The molecule has 1 aromatic carbocycles. The SMILES string of the molecule is COC(=O)CCN(C(=O)COc1ccc(C)cc1)C1CCCCC1. The van der Waals surface area contributed by atoms with E-state index in [1.54, 1.807) is 0 Å². The van der Waals surface area contributed by atoms with E-state index >= 15 is 0 Å². The number of methoxy groups -OCH3 is 1. The number of amides is 1. The van der Waals surface area contributed by atoms with Gasteiger partial charge in [-0.25, -0.2) is 0 Å². The maximum Gasteiger partial charge on any atom is 0.307 e. The van der Waals surface area contributed by atoms with E-state index in [2.05, 4.69) is 0 Å². The number of rotatable bonds is 7. The van der Waals surface area contributed by atoms with Crippen LogP contribution in [0.2, 0.25) is 0 Å². The second-order valence-corrected chi connectivity index (χ2v) is 6.31. The predicted molar refractivity (Wildman–Crippen MR) is 91.9 cm³/mol. The zero-order valence-electron chi connectivity index (χ0n) is 14.6. The van der Waals surface area contributed by atoms with Gasteiger partial charge in [0.25, 0.3) is 5.91 Å². The topological polar surface area (TPSA) is 55.8 Å². The minimum atomic E-state index is -0.289. The fourth-order valence-electron chi connectivity index (χ4n) is 3.08. The van der Waals surface area contributed by atoms with Gasteiger partial charge in [0.2, 0.25) is 0 Å². The molecule has 1 fully saturated rings. The predicted octanol–water partition coefficient (Wildman–Crippen LogP) is 3.10. The molecule has 0 bridgehead atoms. The van der Waals surface area contributed by atoms with Gasteiger partial charge in [-0.1, -0.05) is 37.0 Å². The van der Waals surface area contributed by atoms with Gasteiger partial charge in [-0.2, -0.15) is 0 Å². The van der Waals surface area contributed by atoms with Crippen LogP contribution in [0.25, 0.3) is 0 Å². The van der Waals surface area contributed by atoms with Gasteiger partial charge in [-0.3, -0.25) is 9.59 Å². The van der Waals surface area contributed by atoms with Crippen LogP contribution in [0.4, 0.5) is 0 Å². The molecule has 0 aliphatic heterocycles. The second kappa shape index (κ2) is 9.30. The van der Waals surface area contributed by atoms with Crippen molar-refractivity contribution < 1.29 is 19.1 Å². The molecule has 5 nitrogen and oxygen atoms in total. The van der Waals surface area contributed by atoms with E-state index in [0.717, 1.165) is 31.2 Å². The van der Waals surface area contributed by atoms with Crippen molar-refractivity contribution in [1.82, 2.24) is 4.90 Å². The summed E-state index contributed by atoms with van der Waals surface area (Å²) in [6.07, 6.45) is 5.70. The first kappa shape index (κ1) is 18.3. The van der Waals surface area contributed by atoms with Gasteiger partial charge >= 0.3 is 5.97 Å². The molecular formula is C19H27NO4. The Morgan fingerprint density at radius 1 is 1.12 bits per heavy atom. The summed E-state index contributed by atoms with van der Waals surface area (Å²) in [5, 5.41) is 0. The van der Waals surface area contributed by atoms with Crippen LogP contribution in [-0.2, 0) is 14.3 Å². The number of hydrogen-bond donors (Lipinski definition) is 0. The molecule has 1 aliphatic rings. The Morgan fingerprint density at radius 2 is 1.79 bits per heavy atom. The lowest BCUT2D eigenvalue weighted by atomic mass is 9.94. The van der Waals surface area contributed by atoms with E-state index in [-0.39, 0.29) is 30.9 Å². The van der Waals surface area contributed by atoms with Crippen molar-refractivity contribution in [2.45, 2.75) is 51.5 Å². The Hall–Kier alpha value is -2.04. The largest absolute Gasteiger partial charge is 0.484 e. The maximum atomic E-state index is 12.6. The fourth-order valence-corrected chi connectivity index (χ4v) is 3.08. The third kappa shape index (κ3) is 5.55. The van der Waals surface area contributed by atoms with Crippen molar-refractivity contribution in [2.24, 2.45) is 0 Å². The van der Waals surface area contributed by atoms with Gasteiger partial charge in [-0.15, -0.1) is 0 Å². The Labute approximate surface area is 143 Å². The van der Waals surface area contributed by atoms with Crippen molar-refractivity contribution in [2.75, 3.05) is 20.3 Å². The second-order valence-electron chi connectivity index (χ2n) is 6.31. The molecule has 0 heterocycles. The van der Waals surface area contributed by atoms with E-state index in [1.807, 2.05) is 36.1 Å². The number of benzene rings is 1. The number of carbonyl (C=O) groups is 2. The molecule has 2 rings (SSSR count). The monoisotopic (exact) mass is 333 g/mol. The lowest BCUT2D eigenvalue weighted by Crippen LogP contribution is -2.44. The summed E-state index contributed by atoms with van der Waals surface area (Å²) in [6, 6.07) is 7.84. The molecule has 0 radical (unpaired) electrons. The van der Waals surface area contributed by atoms with Crippen molar-refractivity contribution >= 4 is 11.9 Å². The van der Waals surface area contributed by atoms with Crippen LogP contribution < -0.4 is 4.74 Å². The molecule has 0 atom stereocenters. The van der Waals surface area contributed by atoms with E-state index in [9.17, 15) is 9.59 Å². The minimum Gasteiger partial charge on any atom is -0.484 e. The first-order valence-corrected chi connectivity index (χ1v) is 8.66. The minimum absolute atomic E-state index is 0.000728. The van der Waals surface area contributed by atoms with Crippen LogP contribution >= 0.6 is 0 Å². The Balaban J connectivity index is 1.94. The summed E-state index contributed by atoms with van der Waals surface area (Å²) in [7, 11) is 1.37. The van der Waals surface area contributed by atoms with Crippen LogP contribution in [0.15, 0.2) is 24.3 Å². The third-order valence-electron chi connectivity index (χ3n) is 4.50. The smallest absolute Gasteiger partial charge is 0.307 e.